The first kappa shape index (κ1) is 10.0. The van der Waals surface area contributed by atoms with Crippen molar-refractivity contribution in [1.29, 1.82) is 0 Å². The van der Waals surface area contributed by atoms with Gasteiger partial charge in [-0.25, -0.2) is 0 Å². The van der Waals surface area contributed by atoms with Crippen LogP contribution in [0.1, 0.15) is 27.2 Å². The monoisotopic (exact) mass is 170 g/mol. The Labute approximate surface area is 76.3 Å². The Balaban J connectivity index is 2.24. The molecule has 1 rings (SSSR count). The van der Waals surface area contributed by atoms with E-state index in [0.717, 1.165) is 18.0 Å². The van der Waals surface area contributed by atoms with Crippen LogP contribution in [-0.2, 0) is 0 Å². The topological polar surface area (TPSA) is 15.3 Å². The third kappa shape index (κ3) is 2.46. The maximum Gasteiger partial charge on any atom is 0.0345 e. The zero-order chi connectivity index (χ0) is 9.14. The van der Waals surface area contributed by atoms with Crippen LogP contribution in [0.15, 0.2) is 0 Å². The predicted octanol–water partition coefficient (Wildman–Crippen LogP) is 1.32. The number of likely N-dealkylation sites (N-methyl/N-ethyl adjacent to an activating group) is 1. The van der Waals surface area contributed by atoms with Gasteiger partial charge in [0.25, 0.3) is 0 Å². The maximum atomic E-state index is 3.31. The van der Waals surface area contributed by atoms with Crippen LogP contribution < -0.4 is 5.32 Å². The largest absolute Gasteiger partial charge is 0.314 e. The molecule has 0 bridgehead atoms. The Morgan fingerprint density at radius 1 is 1.33 bits per heavy atom. The molecule has 1 aliphatic heterocycles. The Bertz CT molecular complexity index is 130. The normalized spacial score (nSPS) is 21.5. The second-order valence-corrected chi connectivity index (χ2v) is 4.46. The third-order valence-electron chi connectivity index (χ3n) is 2.84. The van der Waals surface area contributed by atoms with Crippen LogP contribution in [0.2, 0.25) is 0 Å². The van der Waals surface area contributed by atoms with Gasteiger partial charge in [0.05, 0.1) is 0 Å². The van der Waals surface area contributed by atoms with E-state index in [1.54, 1.807) is 0 Å². The standard InChI is InChI=1S/C10H22N2/c1-8(2)5-9(3)12(4)10-6-11-7-10/h8-11H,5-7H2,1-4H3. The molecule has 72 valence electrons. The van der Waals surface area contributed by atoms with Crippen molar-refractivity contribution < 1.29 is 0 Å². The number of rotatable bonds is 4. The molecule has 1 aliphatic rings. The highest BCUT2D eigenvalue weighted by atomic mass is 15.2. The van der Waals surface area contributed by atoms with Gasteiger partial charge in [-0.15, -0.1) is 0 Å². The minimum absolute atomic E-state index is 0.733. The van der Waals surface area contributed by atoms with Gasteiger partial charge >= 0.3 is 0 Å². The summed E-state index contributed by atoms with van der Waals surface area (Å²) in [4.78, 5) is 2.51. The summed E-state index contributed by atoms with van der Waals surface area (Å²) in [6, 6.07) is 1.52. The molecule has 2 heteroatoms. The summed E-state index contributed by atoms with van der Waals surface area (Å²) in [5, 5.41) is 3.31. The van der Waals surface area contributed by atoms with Gasteiger partial charge in [0.1, 0.15) is 0 Å². The summed E-state index contributed by atoms with van der Waals surface area (Å²) in [6.07, 6.45) is 1.31. The molecule has 1 fully saturated rings. The zero-order valence-corrected chi connectivity index (χ0v) is 8.80. The van der Waals surface area contributed by atoms with E-state index < -0.39 is 0 Å². The SMILES string of the molecule is CC(C)CC(C)N(C)C1CNC1. The lowest BCUT2D eigenvalue weighted by Crippen LogP contribution is -2.58. The van der Waals surface area contributed by atoms with Crippen LogP contribution in [0.4, 0.5) is 0 Å². The van der Waals surface area contributed by atoms with Gasteiger partial charge in [-0.05, 0) is 26.3 Å². The van der Waals surface area contributed by atoms with Crippen molar-refractivity contribution in [2.24, 2.45) is 5.92 Å². The quantitative estimate of drug-likeness (QED) is 0.684. The van der Waals surface area contributed by atoms with Gasteiger partial charge in [-0.2, -0.15) is 0 Å². The van der Waals surface area contributed by atoms with Crippen LogP contribution in [0, 0.1) is 5.92 Å². The van der Waals surface area contributed by atoms with Crippen molar-refractivity contribution in [3.8, 4) is 0 Å². The number of nitrogens with zero attached hydrogens (tertiary/aromatic N) is 1. The second-order valence-electron chi connectivity index (χ2n) is 4.46. The van der Waals surface area contributed by atoms with Crippen LogP contribution >= 0.6 is 0 Å². The molecule has 1 atom stereocenters. The van der Waals surface area contributed by atoms with Gasteiger partial charge < -0.3 is 5.32 Å². The summed E-state index contributed by atoms with van der Waals surface area (Å²) in [5.41, 5.74) is 0. The molecule has 0 amide bonds. The van der Waals surface area contributed by atoms with Crippen LogP contribution in [0.5, 0.6) is 0 Å². The maximum absolute atomic E-state index is 3.31. The summed E-state index contributed by atoms with van der Waals surface area (Å²) in [5.74, 6) is 0.815. The molecule has 0 aromatic carbocycles. The van der Waals surface area contributed by atoms with Gasteiger partial charge in [0, 0.05) is 25.2 Å². The zero-order valence-electron chi connectivity index (χ0n) is 8.80. The van der Waals surface area contributed by atoms with E-state index in [2.05, 4.69) is 38.0 Å². The van der Waals surface area contributed by atoms with E-state index >= 15 is 0 Å². The lowest BCUT2D eigenvalue weighted by molar-refractivity contribution is 0.123. The Morgan fingerprint density at radius 2 is 1.92 bits per heavy atom. The van der Waals surface area contributed by atoms with Gasteiger partial charge in [-0.1, -0.05) is 13.8 Å². The van der Waals surface area contributed by atoms with Gasteiger partial charge in [0.15, 0.2) is 0 Å². The average Bonchev–Trinajstić information content (AvgIpc) is 1.81. The van der Waals surface area contributed by atoms with E-state index in [1.165, 1.54) is 19.5 Å². The molecule has 0 spiro atoms. The minimum Gasteiger partial charge on any atom is -0.314 e. The van der Waals surface area contributed by atoms with Crippen molar-refractivity contribution in [2.75, 3.05) is 20.1 Å². The number of hydrogen-bond donors (Lipinski definition) is 1. The number of hydrogen-bond acceptors (Lipinski definition) is 2. The molecule has 12 heavy (non-hydrogen) atoms. The molecule has 1 heterocycles. The molecule has 1 unspecified atom stereocenters. The molecule has 2 nitrogen and oxygen atoms in total. The highest BCUT2D eigenvalue weighted by Crippen LogP contribution is 2.13. The van der Waals surface area contributed by atoms with E-state index in [0.29, 0.717) is 0 Å². The van der Waals surface area contributed by atoms with E-state index in [-0.39, 0.29) is 0 Å². The Hall–Kier alpha value is -0.0800. The van der Waals surface area contributed by atoms with Crippen LogP contribution in [0.25, 0.3) is 0 Å². The Kier molecular flexibility index (Phi) is 3.53. The molecule has 1 N–H and O–H groups in total. The van der Waals surface area contributed by atoms with Gasteiger partial charge in [-0.3, -0.25) is 4.90 Å². The van der Waals surface area contributed by atoms with Crippen molar-refractivity contribution >= 4 is 0 Å². The molecular formula is C10H22N2. The van der Waals surface area contributed by atoms with Crippen LogP contribution in [0.3, 0.4) is 0 Å². The first-order chi connectivity index (χ1) is 5.61. The molecule has 0 aromatic heterocycles. The smallest absolute Gasteiger partial charge is 0.0345 e. The summed E-state index contributed by atoms with van der Waals surface area (Å²) in [7, 11) is 2.25. The second kappa shape index (κ2) is 4.24. The third-order valence-corrected chi connectivity index (χ3v) is 2.84. The van der Waals surface area contributed by atoms with Crippen molar-refractivity contribution in [1.82, 2.24) is 10.2 Å². The highest BCUT2D eigenvalue weighted by molar-refractivity contribution is 4.85. The molecule has 0 aromatic rings. The molecule has 0 radical (unpaired) electrons. The lowest BCUT2D eigenvalue weighted by atomic mass is 10.0. The molecule has 0 aliphatic carbocycles. The summed E-state index contributed by atoms with van der Waals surface area (Å²) < 4.78 is 0. The van der Waals surface area contributed by atoms with Crippen molar-refractivity contribution in [3.63, 3.8) is 0 Å². The van der Waals surface area contributed by atoms with Crippen molar-refractivity contribution in [3.05, 3.63) is 0 Å². The van der Waals surface area contributed by atoms with Crippen molar-refractivity contribution in [2.45, 2.75) is 39.3 Å². The van der Waals surface area contributed by atoms with E-state index in [9.17, 15) is 0 Å². The number of nitrogens with one attached hydrogen (secondary N) is 1. The molecular weight excluding hydrogens is 148 g/mol. The lowest BCUT2D eigenvalue weighted by Gasteiger charge is -2.39. The fourth-order valence-electron chi connectivity index (χ4n) is 1.77. The average molecular weight is 170 g/mol. The molecule has 1 saturated heterocycles. The van der Waals surface area contributed by atoms with E-state index in [1.807, 2.05) is 0 Å². The minimum atomic E-state index is 0.733. The predicted molar refractivity (Wildman–Crippen MR) is 53.3 cm³/mol. The first-order valence-corrected chi connectivity index (χ1v) is 5.04. The first-order valence-electron chi connectivity index (χ1n) is 5.04. The van der Waals surface area contributed by atoms with Gasteiger partial charge in [0.2, 0.25) is 0 Å². The highest BCUT2D eigenvalue weighted by Gasteiger charge is 2.24. The summed E-state index contributed by atoms with van der Waals surface area (Å²) >= 11 is 0. The fraction of sp³-hybridized carbons (Fsp3) is 1.00. The molecule has 0 saturated carbocycles. The fourth-order valence-corrected chi connectivity index (χ4v) is 1.77. The Morgan fingerprint density at radius 3 is 2.25 bits per heavy atom. The van der Waals surface area contributed by atoms with Crippen LogP contribution in [-0.4, -0.2) is 37.1 Å². The summed E-state index contributed by atoms with van der Waals surface area (Å²) in [6.45, 7) is 9.28. The van der Waals surface area contributed by atoms with E-state index in [4.69, 9.17) is 0 Å².